The van der Waals surface area contributed by atoms with Gasteiger partial charge in [0.05, 0.1) is 32.6 Å². The molecule has 2 aromatic rings. The second-order valence-electron chi connectivity index (χ2n) is 6.91. The molecule has 0 saturated carbocycles. The number of sulfone groups is 1. The number of aryl methyl sites for hydroxylation is 1. The Kier molecular flexibility index (Phi) is 4.23. The van der Waals surface area contributed by atoms with E-state index in [2.05, 4.69) is 10.3 Å². The Morgan fingerprint density at radius 1 is 1.38 bits per heavy atom. The summed E-state index contributed by atoms with van der Waals surface area (Å²) in [7, 11) is -3.06. The number of aromatic nitrogens is 1. The summed E-state index contributed by atoms with van der Waals surface area (Å²) in [4.78, 5) is 30.8. The van der Waals surface area contributed by atoms with Gasteiger partial charge in [0.1, 0.15) is 0 Å². The fourth-order valence-electron chi connectivity index (χ4n) is 3.64. The molecule has 1 aromatic carbocycles. The predicted molar refractivity (Wildman–Crippen MR) is 99.9 cm³/mol. The van der Waals surface area contributed by atoms with Crippen molar-refractivity contribution in [2.45, 2.75) is 25.8 Å². The molecule has 2 aliphatic heterocycles. The van der Waals surface area contributed by atoms with E-state index in [4.69, 9.17) is 0 Å². The van der Waals surface area contributed by atoms with Crippen LogP contribution in [0, 0.1) is 12.8 Å². The highest BCUT2D eigenvalue weighted by molar-refractivity contribution is 7.91. The summed E-state index contributed by atoms with van der Waals surface area (Å²) >= 11 is 1.56. The van der Waals surface area contributed by atoms with Crippen LogP contribution in [0.2, 0.25) is 0 Å². The van der Waals surface area contributed by atoms with Gasteiger partial charge in [0.2, 0.25) is 11.8 Å². The molecule has 2 unspecified atom stereocenters. The molecule has 26 heavy (non-hydrogen) atoms. The van der Waals surface area contributed by atoms with Crippen LogP contribution in [-0.2, 0) is 19.4 Å². The molecule has 7 nitrogen and oxygen atoms in total. The van der Waals surface area contributed by atoms with E-state index in [1.165, 1.54) is 0 Å². The van der Waals surface area contributed by atoms with Crippen LogP contribution in [0.1, 0.15) is 17.8 Å². The Labute approximate surface area is 155 Å². The molecule has 2 fully saturated rings. The molecule has 9 heteroatoms. The molecule has 0 aliphatic carbocycles. The quantitative estimate of drug-likeness (QED) is 0.854. The van der Waals surface area contributed by atoms with E-state index in [0.717, 1.165) is 15.2 Å². The number of rotatable bonds is 3. The largest absolute Gasteiger partial charge is 0.338 e. The fraction of sp³-hybridized carbons (Fsp3) is 0.471. The van der Waals surface area contributed by atoms with Gasteiger partial charge in [-0.2, -0.15) is 0 Å². The number of anilines is 1. The number of amides is 2. The van der Waals surface area contributed by atoms with Crippen molar-refractivity contribution in [3.8, 4) is 0 Å². The van der Waals surface area contributed by atoms with Gasteiger partial charge in [-0.3, -0.25) is 9.59 Å². The number of benzene rings is 1. The maximum atomic E-state index is 12.6. The predicted octanol–water partition coefficient (Wildman–Crippen LogP) is 1.58. The highest BCUT2D eigenvalue weighted by atomic mass is 32.2. The SMILES string of the molecule is Cc1nc2ccc(NC(=O)C3CC(=O)N(C4CCS(=O)(=O)C4)C3)cc2s1. The van der Waals surface area contributed by atoms with Crippen molar-refractivity contribution in [3.63, 3.8) is 0 Å². The zero-order chi connectivity index (χ0) is 18.5. The summed E-state index contributed by atoms with van der Waals surface area (Å²) in [6, 6.07) is 5.26. The number of nitrogens with one attached hydrogen (secondary N) is 1. The molecule has 1 N–H and O–H groups in total. The van der Waals surface area contributed by atoms with Gasteiger partial charge in [0.15, 0.2) is 9.84 Å². The number of carbonyl (C=O) groups excluding carboxylic acids is 2. The fourth-order valence-corrected chi connectivity index (χ4v) is 6.24. The Balaban J connectivity index is 1.44. The average Bonchev–Trinajstić information content (AvgIpc) is 3.22. The van der Waals surface area contributed by atoms with Crippen molar-refractivity contribution in [2.24, 2.45) is 5.92 Å². The molecule has 2 atom stereocenters. The van der Waals surface area contributed by atoms with Crippen molar-refractivity contribution in [3.05, 3.63) is 23.2 Å². The molecular weight excluding hydrogens is 374 g/mol. The molecule has 2 saturated heterocycles. The van der Waals surface area contributed by atoms with Crippen molar-refractivity contribution in [1.29, 1.82) is 0 Å². The van der Waals surface area contributed by atoms with Gasteiger partial charge in [-0.25, -0.2) is 13.4 Å². The van der Waals surface area contributed by atoms with Crippen LogP contribution >= 0.6 is 11.3 Å². The van der Waals surface area contributed by atoms with E-state index in [1.807, 2.05) is 19.1 Å². The van der Waals surface area contributed by atoms with E-state index < -0.39 is 15.8 Å². The molecule has 2 amide bonds. The lowest BCUT2D eigenvalue weighted by atomic mass is 10.1. The van der Waals surface area contributed by atoms with E-state index in [-0.39, 0.29) is 42.3 Å². The maximum absolute atomic E-state index is 12.6. The second-order valence-corrected chi connectivity index (χ2v) is 10.4. The van der Waals surface area contributed by atoms with E-state index in [1.54, 1.807) is 22.3 Å². The number of likely N-dealkylation sites (tertiary alicyclic amines) is 1. The Morgan fingerprint density at radius 3 is 2.92 bits per heavy atom. The van der Waals surface area contributed by atoms with E-state index >= 15 is 0 Å². The molecule has 4 rings (SSSR count). The number of nitrogens with zero attached hydrogens (tertiary/aromatic N) is 2. The lowest BCUT2D eigenvalue weighted by Crippen LogP contribution is -2.38. The molecule has 2 aliphatic rings. The van der Waals surface area contributed by atoms with E-state index in [9.17, 15) is 18.0 Å². The maximum Gasteiger partial charge on any atom is 0.229 e. The van der Waals surface area contributed by atoms with Gasteiger partial charge in [-0.1, -0.05) is 0 Å². The summed E-state index contributed by atoms with van der Waals surface area (Å²) in [5.41, 5.74) is 1.58. The minimum atomic E-state index is -3.06. The third-order valence-corrected chi connectivity index (χ3v) is 7.63. The van der Waals surface area contributed by atoms with Crippen molar-refractivity contribution in [1.82, 2.24) is 9.88 Å². The summed E-state index contributed by atoms with van der Waals surface area (Å²) in [5, 5.41) is 3.84. The van der Waals surface area contributed by atoms with Gasteiger partial charge in [0, 0.05) is 24.7 Å². The number of hydrogen-bond acceptors (Lipinski definition) is 6. The van der Waals surface area contributed by atoms with Crippen LogP contribution in [0.15, 0.2) is 18.2 Å². The number of thiazole rings is 1. The molecule has 1 aromatic heterocycles. The smallest absolute Gasteiger partial charge is 0.229 e. The van der Waals surface area contributed by atoms with Crippen molar-refractivity contribution in [2.75, 3.05) is 23.4 Å². The number of fused-ring (bicyclic) bond motifs is 1. The van der Waals surface area contributed by atoms with Gasteiger partial charge in [-0.15, -0.1) is 11.3 Å². The standard InChI is InChI=1S/C17H19N3O4S2/c1-10-18-14-3-2-12(7-15(14)25-10)19-17(22)11-6-16(21)20(8-11)13-4-5-26(23,24)9-13/h2-3,7,11,13H,4-6,8-9H2,1H3,(H,19,22). The first-order valence-electron chi connectivity index (χ1n) is 8.49. The van der Waals surface area contributed by atoms with Crippen molar-refractivity contribution < 1.29 is 18.0 Å². The van der Waals surface area contributed by atoms with Crippen LogP contribution in [0.25, 0.3) is 10.2 Å². The number of hydrogen-bond donors (Lipinski definition) is 1. The summed E-state index contributed by atoms with van der Waals surface area (Å²) in [6.07, 6.45) is 0.591. The summed E-state index contributed by atoms with van der Waals surface area (Å²) < 4.78 is 24.3. The molecular formula is C17H19N3O4S2. The minimum absolute atomic E-state index is 0.00841. The monoisotopic (exact) mass is 393 g/mol. The minimum Gasteiger partial charge on any atom is -0.338 e. The second kappa shape index (κ2) is 6.31. The highest BCUT2D eigenvalue weighted by Gasteiger charge is 2.41. The van der Waals surface area contributed by atoms with Gasteiger partial charge in [-0.05, 0) is 31.5 Å². The number of carbonyl (C=O) groups is 2. The van der Waals surface area contributed by atoms with Crippen LogP contribution in [0.5, 0.6) is 0 Å². The molecule has 0 radical (unpaired) electrons. The van der Waals surface area contributed by atoms with Crippen LogP contribution in [0.4, 0.5) is 5.69 Å². The Bertz CT molecular complexity index is 999. The lowest BCUT2D eigenvalue weighted by molar-refractivity contribution is -0.129. The van der Waals surface area contributed by atoms with Gasteiger partial charge >= 0.3 is 0 Å². The third-order valence-electron chi connectivity index (χ3n) is 4.94. The van der Waals surface area contributed by atoms with Crippen LogP contribution in [0.3, 0.4) is 0 Å². The average molecular weight is 393 g/mol. The molecule has 3 heterocycles. The van der Waals surface area contributed by atoms with E-state index in [0.29, 0.717) is 12.1 Å². The first kappa shape index (κ1) is 17.4. The summed E-state index contributed by atoms with van der Waals surface area (Å²) in [5.74, 6) is -0.672. The molecule has 138 valence electrons. The Hall–Kier alpha value is -2.00. The Morgan fingerprint density at radius 2 is 2.19 bits per heavy atom. The molecule has 0 spiro atoms. The van der Waals surface area contributed by atoms with Gasteiger partial charge < -0.3 is 10.2 Å². The topological polar surface area (TPSA) is 96.4 Å². The zero-order valence-electron chi connectivity index (χ0n) is 14.3. The van der Waals surface area contributed by atoms with Crippen LogP contribution in [-0.4, -0.2) is 54.2 Å². The molecule has 0 bridgehead atoms. The first-order chi connectivity index (χ1) is 12.3. The highest BCUT2D eigenvalue weighted by Crippen LogP contribution is 2.28. The van der Waals surface area contributed by atoms with Crippen molar-refractivity contribution >= 4 is 48.9 Å². The first-order valence-corrected chi connectivity index (χ1v) is 11.1. The lowest BCUT2D eigenvalue weighted by Gasteiger charge is -2.22. The normalized spacial score (nSPS) is 25.1. The van der Waals surface area contributed by atoms with Gasteiger partial charge in [0.25, 0.3) is 0 Å². The zero-order valence-corrected chi connectivity index (χ0v) is 15.9. The summed E-state index contributed by atoms with van der Waals surface area (Å²) in [6.45, 7) is 2.22. The van der Waals surface area contributed by atoms with Crippen LogP contribution < -0.4 is 5.32 Å². The third kappa shape index (κ3) is 3.33.